The summed E-state index contributed by atoms with van der Waals surface area (Å²) in [4.78, 5) is 0. The van der Waals surface area contributed by atoms with Crippen molar-refractivity contribution < 1.29 is 0 Å². The molecule has 1 aromatic heterocycles. The van der Waals surface area contributed by atoms with Crippen LogP contribution in [0, 0.1) is 20.8 Å². The fraction of sp³-hybridized carbons (Fsp3) is 0.188. The molecule has 3 rings (SSSR count). The predicted molar refractivity (Wildman–Crippen MR) is 80.2 cm³/mol. The Morgan fingerprint density at radius 3 is 2.37 bits per heavy atom. The van der Waals surface area contributed by atoms with Gasteiger partial charge in [0.2, 0.25) is 0 Å². The van der Waals surface area contributed by atoms with Crippen LogP contribution in [0.3, 0.4) is 0 Å². The average Bonchev–Trinajstić information content (AvgIpc) is 2.71. The van der Waals surface area contributed by atoms with Gasteiger partial charge < -0.3 is 5.73 Å². The van der Waals surface area contributed by atoms with Crippen LogP contribution in [0.5, 0.6) is 0 Å². The topological polar surface area (TPSA) is 54.7 Å². The van der Waals surface area contributed by atoms with Crippen LogP contribution in [0.4, 0.5) is 5.69 Å². The Morgan fingerprint density at radius 2 is 1.68 bits per heavy atom. The smallest absolute Gasteiger partial charge is 0.101 e. The summed E-state index contributed by atoms with van der Waals surface area (Å²) in [6.07, 6.45) is 0. The van der Waals surface area contributed by atoms with E-state index in [0.717, 1.165) is 22.3 Å². The molecule has 0 aliphatic heterocycles. The maximum atomic E-state index is 5.89. The summed E-state index contributed by atoms with van der Waals surface area (Å²) in [6, 6.07) is 10.2. The number of H-pyrrole nitrogens is 1. The third kappa shape index (κ3) is 1.87. The van der Waals surface area contributed by atoms with E-state index >= 15 is 0 Å². The molecule has 3 heteroatoms. The van der Waals surface area contributed by atoms with E-state index < -0.39 is 0 Å². The largest absolute Gasteiger partial charge is 0.399 e. The first-order valence-corrected chi connectivity index (χ1v) is 6.38. The second-order valence-corrected chi connectivity index (χ2v) is 5.15. The molecule has 19 heavy (non-hydrogen) atoms. The molecule has 3 N–H and O–H groups in total. The number of hydrogen-bond donors (Lipinski definition) is 2. The Labute approximate surface area is 112 Å². The molecule has 0 saturated heterocycles. The van der Waals surface area contributed by atoms with Crippen LogP contribution in [0.15, 0.2) is 30.3 Å². The van der Waals surface area contributed by atoms with Crippen LogP contribution in [-0.4, -0.2) is 10.2 Å². The van der Waals surface area contributed by atoms with Crippen molar-refractivity contribution in [2.24, 2.45) is 0 Å². The number of rotatable bonds is 1. The lowest BCUT2D eigenvalue weighted by atomic mass is 9.95. The quantitative estimate of drug-likeness (QED) is 0.647. The zero-order chi connectivity index (χ0) is 13.6. The van der Waals surface area contributed by atoms with Gasteiger partial charge in [-0.3, -0.25) is 5.10 Å². The Balaban J connectivity index is 2.33. The molecule has 1 heterocycles. The monoisotopic (exact) mass is 251 g/mol. The molecule has 0 unspecified atom stereocenters. The van der Waals surface area contributed by atoms with Crippen molar-refractivity contribution in [3.8, 4) is 11.3 Å². The van der Waals surface area contributed by atoms with Crippen LogP contribution < -0.4 is 5.73 Å². The second kappa shape index (κ2) is 4.12. The number of nitrogens with one attached hydrogen (secondary N) is 1. The number of aromatic nitrogens is 2. The molecule has 0 atom stereocenters. The Bertz CT molecular complexity index is 746. The Kier molecular flexibility index (Phi) is 2.56. The van der Waals surface area contributed by atoms with Gasteiger partial charge >= 0.3 is 0 Å². The molecule has 3 aromatic rings. The van der Waals surface area contributed by atoms with E-state index in [2.05, 4.69) is 43.1 Å². The number of nitrogens with zero attached hydrogens (tertiary/aromatic N) is 1. The Hall–Kier alpha value is -2.29. The highest BCUT2D eigenvalue weighted by atomic mass is 15.1. The van der Waals surface area contributed by atoms with Gasteiger partial charge in [0.05, 0.1) is 5.52 Å². The third-order valence-corrected chi connectivity index (χ3v) is 3.50. The van der Waals surface area contributed by atoms with Crippen LogP contribution >= 0.6 is 0 Å². The molecule has 0 saturated carbocycles. The number of aryl methyl sites for hydroxylation is 3. The highest BCUT2D eigenvalue weighted by molar-refractivity contribution is 5.96. The summed E-state index contributed by atoms with van der Waals surface area (Å²) >= 11 is 0. The van der Waals surface area contributed by atoms with Gasteiger partial charge in [-0.25, -0.2) is 0 Å². The standard InChI is InChI=1S/C16H17N3/c1-9-6-10(2)15(11(3)7-9)16-13-8-12(17)4-5-14(13)18-19-16/h4-8H,17H2,1-3H3,(H,18,19). The van der Waals surface area contributed by atoms with Gasteiger partial charge in [0.15, 0.2) is 0 Å². The molecule has 96 valence electrons. The minimum Gasteiger partial charge on any atom is -0.399 e. The zero-order valence-electron chi connectivity index (χ0n) is 11.4. The summed E-state index contributed by atoms with van der Waals surface area (Å²) < 4.78 is 0. The maximum Gasteiger partial charge on any atom is 0.101 e. The van der Waals surface area contributed by atoms with E-state index in [-0.39, 0.29) is 0 Å². The first-order chi connectivity index (χ1) is 9.06. The van der Waals surface area contributed by atoms with Crippen molar-refractivity contribution in [1.82, 2.24) is 10.2 Å². The van der Waals surface area contributed by atoms with Crippen molar-refractivity contribution in [2.75, 3.05) is 5.73 Å². The van der Waals surface area contributed by atoms with E-state index in [1.165, 1.54) is 22.3 Å². The van der Waals surface area contributed by atoms with Gasteiger partial charge in [-0.1, -0.05) is 17.7 Å². The van der Waals surface area contributed by atoms with Crippen LogP contribution in [0.2, 0.25) is 0 Å². The minimum absolute atomic E-state index is 0.762. The van der Waals surface area contributed by atoms with E-state index in [9.17, 15) is 0 Å². The van der Waals surface area contributed by atoms with Crippen LogP contribution in [0.1, 0.15) is 16.7 Å². The molecule has 3 nitrogen and oxygen atoms in total. The number of nitrogens with two attached hydrogens (primary N) is 1. The van der Waals surface area contributed by atoms with Crippen molar-refractivity contribution in [3.63, 3.8) is 0 Å². The van der Waals surface area contributed by atoms with Crippen molar-refractivity contribution >= 4 is 16.6 Å². The lowest BCUT2D eigenvalue weighted by molar-refractivity contribution is 1.12. The van der Waals surface area contributed by atoms with E-state index in [1.807, 2.05) is 18.2 Å². The zero-order valence-corrected chi connectivity index (χ0v) is 11.4. The van der Waals surface area contributed by atoms with Gasteiger partial charge in [0.1, 0.15) is 5.69 Å². The molecule has 0 spiro atoms. The number of anilines is 1. The summed E-state index contributed by atoms with van der Waals surface area (Å²) in [5.74, 6) is 0. The number of fused-ring (bicyclic) bond motifs is 1. The van der Waals surface area contributed by atoms with Gasteiger partial charge in [-0.15, -0.1) is 0 Å². The molecule has 2 aromatic carbocycles. The summed E-state index contributed by atoms with van der Waals surface area (Å²) in [7, 11) is 0. The lowest BCUT2D eigenvalue weighted by Crippen LogP contribution is -1.91. The molecule has 0 bridgehead atoms. The maximum absolute atomic E-state index is 5.89. The first-order valence-electron chi connectivity index (χ1n) is 6.38. The van der Waals surface area contributed by atoms with Crippen LogP contribution in [0.25, 0.3) is 22.2 Å². The van der Waals surface area contributed by atoms with Crippen molar-refractivity contribution in [2.45, 2.75) is 20.8 Å². The van der Waals surface area contributed by atoms with Gasteiger partial charge in [-0.05, 0) is 50.1 Å². The third-order valence-electron chi connectivity index (χ3n) is 3.50. The molecule has 0 aliphatic carbocycles. The van der Waals surface area contributed by atoms with Crippen molar-refractivity contribution in [3.05, 3.63) is 47.0 Å². The molecule has 0 fully saturated rings. The summed E-state index contributed by atoms with van der Waals surface area (Å²) in [6.45, 7) is 6.37. The molecule has 0 amide bonds. The average molecular weight is 251 g/mol. The van der Waals surface area contributed by atoms with E-state index in [4.69, 9.17) is 5.73 Å². The number of nitrogen functional groups attached to an aromatic ring is 1. The van der Waals surface area contributed by atoms with Gasteiger partial charge in [-0.2, -0.15) is 5.10 Å². The second-order valence-electron chi connectivity index (χ2n) is 5.15. The van der Waals surface area contributed by atoms with Gasteiger partial charge in [0.25, 0.3) is 0 Å². The number of benzene rings is 2. The fourth-order valence-electron chi connectivity index (χ4n) is 2.78. The molecule has 0 aliphatic rings. The summed E-state index contributed by atoms with van der Waals surface area (Å²) in [5.41, 5.74) is 13.6. The first kappa shape index (κ1) is 11.8. The normalized spacial score (nSPS) is 11.1. The highest BCUT2D eigenvalue weighted by Gasteiger charge is 2.13. The SMILES string of the molecule is Cc1cc(C)c(-c2n[nH]c3ccc(N)cc23)c(C)c1. The Morgan fingerprint density at radius 1 is 1.00 bits per heavy atom. The molecule has 0 radical (unpaired) electrons. The molecular formula is C16H17N3. The summed E-state index contributed by atoms with van der Waals surface area (Å²) in [5, 5.41) is 8.63. The number of aromatic amines is 1. The van der Waals surface area contributed by atoms with E-state index in [0.29, 0.717) is 0 Å². The van der Waals surface area contributed by atoms with Crippen molar-refractivity contribution in [1.29, 1.82) is 0 Å². The molecular weight excluding hydrogens is 234 g/mol. The van der Waals surface area contributed by atoms with Crippen LogP contribution in [-0.2, 0) is 0 Å². The van der Waals surface area contributed by atoms with E-state index in [1.54, 1.807) is 0 Å². The number of hydrogen-bond acceptors (Lipinski definition) is 2. The highest BCUT2D eigenvalue weighted by Crippen LogP contribution is 2.32. The minimum atomic E-state index is 0.762. The van der Waals surface area contributed by atoms with Gasteiger partial charge in [0, 0.05) is 16.6 Å². The lowest BCUT2D eigenvalue weighted by Gasteiger charge is -2.09. The predicted octanol–water partition coefficient (Wildman–Crippen LogP) is 3.74. The fourth-order valence-corrected chi connectivity index (χ4v) is 2.78.